The molecule has 0 aliphatic carbocycles. The molecule has 0 aromatic rings. The fourth-order valence-electron chi connectivity index (χ4n) is 3.53. The van der Waals surface area contributed by atoms with Crippen LogP contribution in [-0.2, 0) is 0 Å². The smallest absolute Gasteiger partial charge is 0.0117 e. The number of rotatable bonds is 9. The van der Waals surface area contributed by atoms with Crippen molar-refractivity contribution in [1.82, 2.24) is 15.1 Å². The van der Waals surface area contributed by atoms with Gasteiger partial charge in [-0.15, -0.1) is 0 Å². The third-order valence-electron chi connectivity index (χ3n) is 5.60. The minimum atomic E-state index is 0.431. The van der Waals surface area contributed by atoms with Crippen LogP contribution in [0.2, 0.25) is 0 Å². The summed E-state index contributed by atoms with van der Waals surface area (Å²) in [4.78, 5) is 5.24. The Kier molecular flexibility index (Phi) is 8.22. The summed E-state index contributed by atoms with van der Waals surface area (Å²) in [6.07, 6.45) is 5.21. The third kappa shape index (κ3) is 5.88. The standard InChI is InChI=1S/C18H39N3/c1-7-18(8-2,14-19-16(4)5)15-20(6)17-10-12-21(9-3)13-11-17/h16-17,19H,7-15H2,1-6H3. The molecule has 0 radical (unpaired) electrons. The quantitative estimate of drug-likeness (QED) is 0.705. The van der Waals surface area contributed by atoms with Gasteiger partial charge in [-0.25, -0.2) is 0 Å². The van der Waals surface area contributed by atoms with Gasteiger partial charge in [0.2, 0.25) is 0 Å². The minimum Gasteiger partial charge on any atom is -0.314 e. The predicted molar refractivity (Wildman–Crippen MR) is 93.9 cm³/mol. The Bertz CT molecular complexity index is 266. The Balaban J connectivity index is 2.53. The van der Waals surface area contributed by atoms with E-state index >= 15 is 0 Å². The van der Waals surface area contributed by atoms with Gasteiger partial charge in [0.1, 0.15) is 0 Å². The fraction of sp³-hybridized carbons (Fsp3) is 1.00. The molecule has 3 nitrogen and oxygen atoms in total. The van der Waals surface area contributed by atoms with Gasteiger partial charge in [-0.1, -0.05) is 34.6 Å². The van der Waals surface area contributed by atoms with Crippen molar-refractivity contribution in [3.05, 3.63) is 0 Å². The van der Waals surface area contributed by atoms with Crippen LogP contribution in [0.15, 0.2) is 0 Å². The summed E-state index contributed by atoms with van der Waals surface area (Å²) < 4.78 is 0. The van der Waals surface area contributed by atoms with Gasteiger partial charge in [-0.05, 0) is 57.8 Å². The zero-order valence-electron chi connectivity index (χ0n) is 15.4. The fourth-order valence-corrected chi connectivity index (χ4v) is 3.53. The van der Waals surface area contributed by atoms with E-state index in [1.165, 1.54) is 51.9 Å². The lowest BCUT2D eigenvalue weighted by molar-refractivity contribution is 0.0798. The number of nitrogens with zero attached hydrogens (tertiary/aromatic N) is 2. The zero-order valence-corrected chi connectivity index (χ0v) is 15.4. The largest absolute Gasteiger partial charge is 0.314 e. The van der Waals surface area contributed by atoms with Crippen LogP contribution < -0.4 is 5.32 Å². The number of nitrogens with one attached hydrogen (secondary N) is 1. The van der Waals surface area contributed by atoms with Crippen molar-refractivity contribution in [3.63, 3.8) is 0 Å². The highest BCUT2D eigenvalue weighted by Crippen LogP contribution is 2.29. The Labute approximate surface area is 133 Å². The van der Waals surface area contributed by atoms with E-state index in [0.717, 1.165) is 12.6 Å². The molecule has 0 unspecified atom stereocenters. The van der Waals surface area contributed by atoms with Crippen LogP contribution >= 0.6 is 0 Å². The number of piperidine rings is 1. The number of hydrogen-bond acceptors (Lipinski definition) is 3. The minimum absolute atomic E-state index is 0.431. The molecule has 1 aliphatic rings. The molecule has 1 rings (SSSR count). The molecule has 3 heteroatoms. The van der Waals surface area contributed by atoms with Crippen molar-refractivity contribution < 1.29 is 0 Å². The lowest BCUT2D eigenvalue weighted by Crippen LogP contribution is -2.49. The Morgan fingerprint density at radius 3 is 2.14 bits per heavy atom. The molecule has 0 aromatic carbocycles. The van der Waals surface area contributed by atoms with Crippen molar-refractivity contribution in [2.75, 3.05) is 39.8 Å². The molecule has 0 amide bonds. The predicted octanol–water partition coefficient (Wildman–Crippen LogP) is 3.21. The maximum atomic E-state index is 3.68. The average Bonchev–Trinajstić information content (AvgIpc) is 2.51. The normalized spacial score (nSPS) is 18.9. The second kappa shape index (κ2) is 9.12. The van der Waals surface area contributed by atoms with E-state index in [1.54, 1.807) is 0 Å². The van der Waals surface area contributed by atoms with E-state index < -0.39 is 0 Å². The first-order chi connectivity index (χ1) is 9.96. The zero-order chi connectivity index (χ0) is 15.9. The summed E-state index contributed by atoms with van der Waals surface area (Å²) >= 11 is 0. The first-order valence-corrected chi connectivity index (χ1v) is 9.12. The highest BCUT2D eigenvalue weighted by atomic mass is 15.2. The van der Waals surface area contributed by atoms with Crippen LogP contribution in [0.25, 0.3) is 0 Å². The Hall–Kier alpha value is -0.120. The second-order valence-corrected chi connectivity index (χ2v) is 7.32. The van der Waals surface area contributed by atoms with E-state index in [0.29, 0.717) is 11.5 Å². The molecule has 1 fully saturated rings. The van der Waals surface area contributed by atoms with Gasteiger partial charge in [0.05, 0.1) is 0 Å². The first-order valence-electron chi connectivity index (χ1n) is 9.12. The van der Waals surface area contributed by atoms with Crippen LogP contribution in [0.3, 0.4) is 0 Å². The third-order valence-corrected chi connectivity index (χ3v) is 5.60. The summed E-state index contributed by atoms with van der Waals surface area (Å²) in [6.45, 7) is 17.6. The maximum Gasteiger partial charge on any atom is 0.0117 e. The molecule has 1 heterocycles. The van der Waals surface area contributed by atoms with Gasteiger partial charge < -0.3 is 15.1 Å². The Morgan fingerprint density at radius 1 is 1.14 bits per heavy atom. The maximum absolute atomic E-state index is 3.68. The van der Waals surface area contributed by atoms with E-state index in [-0.39, 0.29) is 0 Å². The van der Waals surface area contributed by atoms with E-state index in [2.05, 4.69) is 56.8 Å². The van der Waals surface area contributed by atoms with Crippen molar-refractivity contribution in [1.29, 1.82) is 0 Å². The van der Waals surface area contributed by atoms with Crippen molar-refractivity contribution in [2.45, 2.75) is 72.4 Å². The highest BCUT2D eigenvalue weighted by Gasteiger charge is 2.31. The molecule has 1 saturated heterocycles. The van der Waals surface area contributed by atoms with Gasteiger partial charge >= 0.3 is 0 Å². The molecule has 0 saturated carbocycles. The SMILES string of the molecule is CCN1CCC(N(C)CC(CC)(CC)CNC(C)C)CC1. The summed E-state index contributed by atoms with van der Waals surface area (Å²) in [5.74, 6) is 0. The first kappa shape index (κ1) is 18.9. The van der Waals surface area contributed by atoms with Gasteiger partial charge in [0.25, 0.3) is 0 Å². The van der Waals surface area contributed by atoms with Crippen molar-refractivity contribution in [3.8, 4) is 0 Å². The number of hydrogen-bond donors (Lipinski definition) is 1. The molecular weight excluding hydrogens is 258 g/mol. The van der Waals surface area contributed by atoms with Crippen LogP contribution in [0.1, 0.15) is 60.3 Å². The van der Waals surface area contributed by atoms with Crippen molar-refractivity contribution in [2.24, 2.45) is 5.41 Å². The van der Waals surface area contributed by atoms with Crippen molar-refractivity contribution >= 4 is 0 Å². The van der Waals surface area contributed by atoms with E-state index in [4.69, 9.17) is 0 Å². The summed E-state index contributed by atoms with van der Waals surface area (Å²) in [7, 11) is 2.35. The number of likely N-dealkylation sites (tertiary alicyclic amines) is 1. The average molecular weight is 298 g/mol. The van der Waals surface area contributed by atoms with Gasteiger partial charge in [0.15, 0.2) is 0 Å². The second-order valence-electron chi connectivity index (χ2n) is 7.32. The van der Waals surface area contributed by atoms with Crippen LogP contribution in [0, 0.1) is 5.41 Å². The molecule has 21 heavy (non-hydrogen) atoms. The summed E-state index contributed by atoms with van der Waals surface area (Å²) in [6, 6.07) is 1.37. The monoisotopic (exact) mass is 297 g/mol. The van der Waals surface area contributed by atoms with Crippen LogP contribution in [0.5, 0.6) is 0 Å². The van der Waals surface area contributed by atoms with E-state index in [1.807, 2.05) is 0 Å². The summed E-state index contributed by atoms with van der Waals surface area (Å²) in [5, 5.41) is 3.68. The van der Waals surface area contributed by atoms with E-state index in [9.17, 15) is 0 Å². The molecule has 0 atom stereocenters. The molecule has 0 spiro atoms. The molecular formula is C18H39N3. The van der Waals surface area contributed by atoms with Crippen LogP contribution in [0.4, 0.5) is 0 Å². The van der Waals surface area contributed by atoms with Crippen LogP contribution in [-0.4, -0.2) is 61.7 Å². The molecule has 126 valence electrons. The van der Waals surface area contributed by atoms with Gasteiger partial charge in [-0.2, -0.15) is 0 Å². The molecule has 1 N–H and O–H groups in total. The molecule has 0 bridgehead atoms. The lowest BCUT2D eigenvalue weighted by atomic mass is 9.81. The molecule has 0 aromatic heterocycles. The molecule has 1 aliphatic heterocycles. The summed E-state index contributed by atoms with van der Waals surface area (Å²) in [5.41, 5.74) is 0.431. The van der Waals surface area contributed by atoms with Gasteiger partial charge in [-0.3, -0.25) is 0 Å². The lowest BCUT2D eigenvalue weighted by Gasteiger charge is -2.42. The van der Waals surface area contributed by atoms with Gasteiger partial charge in [0, 0.05) is 25.2 Å². The Morgan fingerprint density at radius 2 is 1.71 bits per heavy atom. The highest BCUT2D eigenvalue weighted by molar-refractivity contribution is 4.86. The topological polar surface area (TPSA) is 18.5 Å².